The molecule has 1 aromatic carbocycles. The van der Waals surface area contributed by atoms with E-state index in [-0.39, 0.29) is 5.78 Å². The highest BCUT2D eigenvalue weighted by molar-refractivity contribution is 8.03. The summed E-state index contributed by atoms with van der Waals surface area (Å²) in [7, 11) is 3.77. The van der Waals surface area contributed by atoms with Gasteiger partial charge in [-0.15, -0.1) is 0 Å². The van der Waals surface area contributed by atoms with E-state index in [1.807, 2.05) is 6.08 Å². The van der Waals surface area contributed by atoms with Crippen molar-refractivity contribution < 1.29 is 9.53 Å². The van der Waals surface area contributed by atoms with Crippen LogP contribution in [0.2, 0.25) is 0 Å². The van der Waals surface area contributed by atoms with Gasteiger partial charge >= 0.3 is 0 Å². The summed E-state index contributed by atoms with van der Waals surface area (Å²) in [5.41, 5.74) is 3.30. The minimum Gasteiger partial charge on any atom is -0.383 e. The third-order valence-electron chi connectivity index (χ3n) is 3.61. The average molecular weight is 302 g/mol. The molecule has 1 aromatic rings. The molecule has 0 aromatic heterocycles. The van der Waals surface area contributed by atoms with E-state index >= 15 is 0 Å². The zero-order valence-corrected chi connectivity index (χ0v) is 13.0. The van der Waals surface area contributed by atoms with E-state index < -0.39 is 0 Å². The van der Waals surface area contributed by atoms with Gasteiger partial charge in [0, 0.05) is 48.3 Å². The summed E-state index contributed by atoms with van der Waals surface area (Å²) >= 11 is 1.69. The summed E-state index contributed by atoms with van der Waals surface area (Å²) < 4.78 is 5.12. The second-order valence-electron chi connectivity index (χ2n) is 5.14. The van der Waals surface area contributed by atoms with E-state index in [0.29, 0.717) is 13.0 Å². The van der Waals surface area contributed by atoms with Gasteiger partial charge in [-0.25, -0.2) is 0 Å². The largest absolute Gasteiger partial charge is 0.383 e. The fourth-order valence-electron chi connectivity index (χ4n) is 2.36. The van der Waals surface area contributed by atoms with E-state index in [2.05, 4.69) is 35.5 Å². The average Bonchev–Trinajstić information content (AvgIpc) is 2.50. The Morgan fingerprint density at radius 1 is 1.38 bits per heavy atom. The van der Waals surface area contributed by atoms with Gasteiger partial charge < -0.3 is 15.0 Å². The van der Waals surface area contributed by atoms with E-state index in [9.17, 15) is 4.79 Å². The van der Waals surface area contributed by atoms with Crippen LogP contribution in [-0.4, -0.2) is 33.1 Å². The molecule has 1 N–H and O–H groups in total. The minimum absolute atomic E-state index is 0.167. The smallest absolute Gasteiger partial charge is 0.160 e. The summed E-state index contributed by atoms with van der Waals surface area (Å²) in [4.78, 5) is 16.0. The number of likely N-dealkylation sites (N-methyl/N-ethyl adjacent to an activating group) is 1. The number of hydrogen-bond acceptors (Lipinski definition) is 5. The maximum atomic E-state index is 11.5. The molecule has 5 heteroatoms. The summed E-state index contributed by atoms with van der Waals surface area (Å²) in [6.45, 7) is 1.55. The second-order valence-corrected chi connectivity index (χ2v) is 6.27. The molecule has 1 aliphatic carbocycles. The number of methoxy groups -OCH3 is 1. The third-order valence-corrected chi connectivity index (χ3v) is 4.78. The number of benzene rings is 1. The maximum Gasteiger partial charge on any atom is 0.160 e. The fourth-order valence-corrected chi connectivity index (χ4v) is 3.47. The Balaban J connectivity index is 1.82. The molecule has 0 spiro atoms. The number of thioether (sulfide) groups is 1. The van der Waals surface area contributed by atoms with Crippen molar-refractivity contribution in [1.29, 1.82) is 0 Å². The molecule has 1 heterocycles. The Labute approximate surface area is 128 Å². The van der Waals surface area contributed by atoms with Gasteiger partial charge in [-0.1, -0.05) is 11.8 Å². The van der Waals surface area contributed by atoms with Crippen molar-refractivity contribution in [2.75, 3.05) is 37.5 Å². The van der Waals surface area contributed by atoms with Crippen molar-refractivity contribution >= 4 is 28.9 Å². The standard InChI is InChI=1S/C16H18N2O2S/c1-18(7-8-20-2)11-3-5-13-15(9-11)21-16-10-12(19)4-6-14(16)17-13/h3-6,9,17H,7-8,10H2,1-2H3. The van der Waals surface area contributed by atoms with Crippen LogP contribution in [0.4, 0.5) is 11.4 Å². The normalized spacial score (nSPS) is 16.4. The summed E-state index contributed by atoms with van der Waals surface area (Å²) in [5, 5.41) is 3.41. The molecule has 0 fully saturated rings. The van der Waals surface area contributed by atoms with Crippen LogP contribution in [0.3, 0.4) is 0 Å². The Kier molecular flexibility index (Phi) is 4.03. The predicted molar refractivity (Wildman–Crippen MR) is 86.9 cm³/mol. The van der Waals surface area contributed by atoms with E-state index in [1.165, 1.54) is 4.90 Å². The molecule has 0 saturated heterocycles. The molecular weight excluding hydrogens is 284 g/mol. The van der Waals surface area contributed by atoms with Crippen molar-refractivity contribution in [2.24, 2.45) is 0 Å². The number of carbonyl (C=O) groups excluding carboxylic acids is 1. The molecule has 0 saturated carbocycles. The van der Waals surface area contributed by atoms with Crippen molar-refractivity contribution in [1.82, 2.24) is 0 Å². The SMILES string of the molecule is COCCN(C)c1ccc2c(c1)SC1=C(C=CC(=O)C1)N2. The van der Waals surface area contributed by atoms with Gasteiger partial charge in [-0.2, -0.15) is 0 Å². The highest BCUT2D eigenvalue weighted by atomic mass is 32.2. The molecule has 0 radical (unpaired) electrons. The Morgan fingerprint density at radius 2 is 2.24 bits per heavy atom. The lowest BCUT2D eigenvalue weighted by Crippen LogP contribution is -2.22. The molecule has 0 atom stereocenters. The van der Waals surface area contributed by atoms with Crippen LogP contribution >= 0.6 is 11.8 Å². The molecule has 1 aliphatic heterocycles. The van der Waals surface area contributed by atoms with Gasteiger partial charge in [0.1, 0.15) is 0 Å². The Bertz CT molecular complexity index is 637. The lowest BCUT2D eigenvalue weighted by molar-refractivity contribution is -0.114. The predicted octanol–water partition coefficient (Wildman–Crippen LogP) is 3.03. The number of nitrogens with zero attached hydrogens (tertiary/aromatic N) is 1. The molecule has 21 heavy (non-hydrogen) atoms. The van der Waals surface area contributed by atoms with Gasteiger partial charge in [0.15, 0.2) is 5.78 Å². The zero-order valence-electron chi connectivity index (χ0n) is 12.2. The van der Waals surface area contributed by atoms with Crippen LogP contribution < -0.4 is 10.2 Å². The molecular formula is C16H18N2O2S. The lowest BCUT2D eigenvalue weighted by Gasteiger charge is -2.26. The number of nitrogens with one attached hydrogen (secondary N) is 1. The Hall–Kier alpha value is -1.72. The van der Waals surface area contributed by atoms with Gasteiger partial charge in [0.05, 0.1) is 12.3 Å². The van der Waals surface area contributed by atoms with Gasteiger partial charge in [0.2, 0.25) is 0 Å². The van der Waals surface area contributed by atoms with Crippen molar-refractivity contribution in [3.8, 4) is 0 Å². The summed E-state index contributed by atoms with van der Waals surface area (Å²) in [6.07, 6.45) is 4.01. The van der Waals surface area contributed by atoms with Crippen LogP contribution in [0.15, 0.2) is 45.8 Å². The number of ketones is 1. The van der Waals surface area contributed by atoms with Crippen molar-refractivity contribution in [3.63, 3.8) is 0 Å². The first-order valence-corrected chi connectivity index (χ1v) is 7.72. The fraction of sp³-hybridized carbons (Fsp3) is 0.312. The molecule has 0 unspecified atom stereocenters. The summed E-state index contributed by atoms with van der Waals surface area (Å²) in [6, 6.07) is 6.36. The van der Waals surface area contributed by atoms with E-state index in [4.69, 9.17) is 4.74 Å². The quantitative estimate of drug-likeness (QED) is 0.926. The van der Waals surface area contributed by atoms with E-state index in [1.54, 1.807) is 24.9 Å². The topological polar surface area (TPSA) is 41.6 Å². The number of fused-ring (bicyclic) bond motifs is 1. The minimum atomic E-state index is 0.167. The second kappa shape index (κ2) is 5.95. The Morgan fingerprint density at radius 3 is 3.05 bits per heavy atom. The number of anilines is 2. The highest BCUT2D eigenvalue weighted by Gasteiger charge is 2.22. The number of ether oxygens (including phenoxy) is 1. The molecule has 3 rings (SSSR count). The number of rotatable bonds is 4. The van der Waals surface area contributed by atoms with Crippen LogP contribution in [0, 0.1) is 0 Å². The summed E-state index contributed by atoms with van der Waals surface area (Å²) in [5.74, 6) is 0.167. The maximum absolute atomic E-state index is 11.5. The highest BCUT2D eigenvalue weighted by Crippen LogP contribution is 2.44. The molecule has 4 nitrogen and oxygen atoms in total. The number of hydrogen-bond donors (Lipinski definition) is 1. The number of carbonyl (C=O) groups is 1. The molecule has 0 amide bonds. The third kappa shape index (κ3) is 2.99. The molecule has 0 bridgehead atoms. The van der Waals surface area contributed by atoms with Crippen LogP contribution in [0.5, 0.6) is 0 Å². The molecule has 2 aliphatic rings. The first-order chi connectivity index (χ1) is 10.2. The first-order valence-electron chi connectivity index (χ1n) is 6.90. The first kappa shape index (κ1) is 14.2. The van der Waals surface area contributed by atoms with Crippen molar-refractivity contribution in [2.45, 2.75) is 11.3 Å². The van der Waals surface area contributed by atoms with Crippen LogP contribution in [0.1, 0.15) is 6.42 Å². The van der Waals surface area contributed by atoms with Crippen LogP contribution in [0.25, 0.3) is 0 Å². The van der Waals surface area contributed by atoms with Gasteiger partial charge in [0.25, 0.3) is 0 Å². The monoisotopic (exact) mass is 302 g/mol. The van der Waals surface area contributed by atoms with Gasteiger partial charge in [-0.05, 0) is 30.4 Å². The lowest BCUT2D eigenvalue weighted by atomic mass is 10.1. The number of allylic oxidation sites excluding steroid dienone is 3. The van der Waals surface area contributed by atoms with Crippen molar-refractivity contribution in [3.05, 3.63) is 41.0 Å². The zero-order chi connectivity index (χ0) is 14.8. The van der Waals surface area contributed by atoms with E-state index in [0.717, 1.165) is 28.5 Å². The van der Waals surface area contributed by atoms with Gasteiger partial charge in [-0.3, -0.25) is 4.79 Å². The molecule has 110 valence electrons. The van der Waals surface area contributed by atoms with Crippen LogP contribution in [-0.2, 0) is 9.53 Å².